The van der Waals surface area contributed by atoms with Gasteiger partial charge in [-0.2, -0.15) is 0 Å². The number of hydrogen-bond acceptors (Lipinski definition) is 1. The minimum absolute atomic E-state index is 0.0826. The highest BCUT2D eigenvalue weighted by atomic mass is 19.1. The van der Waals surface area contributed by atoms with E-state index in [0.29, 0.717) is 11.5 Å². The van der Waals surface area contributed by atoms with Crippen molar-refractivity contribution in [3.8, 4) is 0 Å². The molecule has 1 saturated carbocycles. The third kappa shape index (κ3) is 3.55. The lowest BCUT2D eigenvalue weighted by Crippen LogP contribution is -2.33. The van der Waals surface area contributed by atoms with Crippen LogP contribution in [-0.2, 0) is 6.42 Å². The van der Waals surface area contributed by atoms with Crippen molar-refractivity contribution in [1.82, 2.24) is 5.32 Å². The quantitative estimate of drug-likeness (QED) is 0.772. The number of hydrogen-bond donors (Lipinski definition) is 1. The molecule has 2 heteroatoms. The van der Waals surface area contributed by atoms with Crippen LogP contribution in [0.25, 0.3) is 0 Å². The molecule has 1 aromatic rings. The Bertz CT molecular complexity index is 384. The monoisotopic (exact) mass is 249 g/mol. The highest BCUT2D eigenvalue weighted by molar-refractivity contribution is 5.18. The zero-order valence-electron chi connectivity index (χ0n) is 11.5. The molecule has 0 aromatic heterocycles. The normalized spacial score (nSPS) is 18.6. The van der Waals surface area contributed by atoms with Gasteiger partial charge in [-0.1, -0.05) is 31.5 Å². The zero-order chi connectivity index (χ0) is 13.0. The first-order valence-corrected chi connectivity index (χ1v) is 7.12. The minimum Gasteiger partial charge on any atom is -0.313 e. The highest BCUT2D eigenvalue weighted by Gasteiger charge is 2.41. The van der Waals surface area contributed by atoms with Gasteiger partial charge in [0.1, 0.15) is 5.82 Å². The molecule has 100 valence electrons. The summed E-state index contributed by atoms with van der Waals surface area (Å²) >= 11 is 0. The van der Waals surface area contributed by atoms with Crippen LogP contribution in [0.4, 0.5) is 4.39 Å². The molecule has 2 rings (SSSR count). The Morgan fingerprint density at radius 2 is 2.06 bits per heavy atom. The molecule has 0 saturated heterocycles. The van der Waals surface area contributed by atoms with Crippen molar-refractivity contribution in [2.24, 2.45) is 5.41 Å². The van der Waals surface area contributed by atoms with Crippen LogP contribution in [0.5, 0.6) is 0 Å². The number of benzene rings is 1. The van der Waals surface area contributed by atoms with E-state index in [0.717, 1.165) is 18.5 Å². The lowest BCUT2D eigenvalue weighted by molar-refractivity contribution is 0.391. The van der Waals surface area contributed by atoms with Crippen molar-refractivity contribution in [1.29, 1.82) is 0 Å². The SMILES string of the molecule is CCCC1(CNC(C)Cc2ccccc2F)CC1. The Kier molecular flexibility index (Phi) is 4.39. The summed E-state index contributed by atoms with van der Waals surface area (Å²) in [4.78, 5) is 0. The summed E-state index contributed by atoms with van der Waals surface area (Å²) in [6.45, 7) is 5.49. The van der Waals surface area contributed by atoms with Crippen LogP contribution in [0, 0.1) is 11.2 Å². The lowest BCUT2D eigenvalue weighted by atomic mass is 9.99. The summed E-state index contributed by atoms with van der Waals surface area (Å²) in [5.74, 6) is -0.0826. The van der Waals surface area contributed by atoms with Gasteiger partial charge in [0.05, 0.1) is 0 Å². The van der Waals surface area contributed by atoms with Crippen LogP contribution < -0.4 is 5.32 Å². The van der Waals surface area contributed by atoms with Crippen LogP contribution in [0.15, 0.2) is 24.3 Å². The lowest BCUT2D eigenvalue weighted by Gasteiger charge is -2.20. The second-order valence-corrected chi connectivity index (χ2v) is 5.83. The Hall–Kier alpha value is -0.890. The van der Waals surface area contributed by atoms with Crippen molar-refractivity contribution < 1.29 is 4.39 Å². The molecule has 1 aliphatic carbocycles. The molecule has 0 radical (unpaired) electrons. The summed E-state index contributed by atoms with van der Waals surface area (Å²) in [5.41, 5.74) is 1.39. The molecule has 18 heavy (non-hydrogen) atoms. The smallest absolute Gasteiger partial charge is 0.126 e. The predicted molar refractivity (Wildman–Crippen MR) is 74.1 cm³/mol. The van der Waals surface area contributed by atoms with Crippen LogP contribution >= 0.6 is 0 Å². The Balaban J connectivity index is 1.79. The fourth-order valence-electron chi connectivity index (χ4n) is 2.68. The van der Waals surface area contributed by atoms with E-state index in [-0.39, 0.29) is 5.82 Å². The van der Waals surface area contributed by atoms with Gasteiger partial charge in [0.2, 0.25) is 0 Å². The van der Waals surface area contributed by atoms with Crippen molar-refractivity contribution in [2.75, 3.05) is 6.54 Å². The van der Waals surface area contributed by atoms with Gasteiger partial charge >= 0.3 is 0 Å². The standard InChI is InChI=1S/C16H24FN/c1-3-8-16(9-10-16)12-18-13(2)11-14-6-4-5-7-15(14)17/h4-7,13,18H,3,8-12H2,1-2H3. The zero-order valence-corrected chi connectivity index (χ0v) is 11.5. The topological polar surface area (TPSA) is 12.0 Å². The molecule has 0 bridgehead atoms. The Morgan fingerprint density at radius 1 is 1.33 bits per heavy atom. The van der Waals surface area contributed by atoms with E-state index in [1.54, 1.807) is 12.1 Å². The van der Waals surface area contributed by atoms with E-state index in [4.69, 9.17) is 0 Å². The van der Waals surface area contributed by atoms with Gasteiger partial charge in [-0.05, 0) is 49.7 Å². The Morgan fingerprint density at radius 3 is 2.67 bits per heavy atom. The summed E-state index contributed by atoms with van der Waals surface area (Å²) in [6, 6.07) is 7.42. The van der Waals surface area contributed by atoms with Gasteiger partial charge in [-0.15, -0.1) is 0 Å². The average molecular weight is 249 g/mol. The van der Waals surface area contributed by atoms with Gasteiger partial charge in [-0.25, -0.2) is 4.39 Å². The molecule has 1 aliphatic rings. The second kappa shape index (κ2) is 5.83. The molecule has 1 fully saturated rings. The molecule has 0 amide bonds. The molecule has 0 spiro atoms. The van der Waals surface area contributed by atoms with Crippen molar-refractivity contribution in [2.45, 2.75) is 52.0 Å². The predicted octanol–water partition coefficient (Wildman–Crippen LogP) is 3.93. The van der Waals surface area contributed by atoms with E-state index in [1.165, 1.54) is 25.7 Å². The van der Waals surface area contributed by atoms with E-state index < -0.39 is 0 Å². The van der Waals surface area contributed by atoms with Crippen LogP contribution in [-0.4, -0.2) is 12.6 Å². The number of halogens is 1. The van der Waals surface area contributed by atoms with Gasteiger partial charge in [0, 0.05) is 12.6 Å². The second-order valence-electron chi connectivity index (χ2n) is 5.83. The van der Waals surface area contributed by atoms with E-state index >= 15 is 0 Å². The molecule has 0 heterocycles. The molecule has 0 aliphatic heterocycles. The maximum Gasteiger partial charge on any atom is 0.126 e. The molecule has 1 N–H and O–H groups in total. The van der Waals surface area contributed by atoms with E-state index in [9.17, 15) is 4.39 Å². The molecule has 1 aromatic carbocycles. The number of nitrogens with one attached hydrogen (secondary N) is 1. The third-order valence-corrected chi connectivity index (χ3v) is 4.05. The maximum atomic E-state index is 13.5. The summed E-state index contributed by atoms with van der Waals surface area (Å²) in [5, 5.41) is 3.58. The van der Waals surface area contributed by atoms with Gasteiger partial charge in [0.15, 0.2) is 0 Å². The van der Waals surface area contributed by atoms with E-state index in [2.05, 4.69) is 19.2 Å². The maximum absolute atomic E-state index is 13.5. The van der Waals surface area contributed by atoms with Gasteiger partial charge in [-0.3, -0.25) is 0 Å². The first-order chi connectivity index (χ1) is 8.65. The third-order valence-electron chi connectivity index (χ3n) is 4.05. The molecule has 1 atom stereocenters. The molecule has 1 nitrogen and oxygen atoms in total. The first-order valence-electron chi connectivity index (χ1n) is 7.12. The summed E-state index contributed by atoms with van der Waals surface area (Å²) in [7, 11) is 0. The van der Waals surface area contributed by atoms with Crippen molar-refractivity contribution in [3.63, 3.8) is 0 Å². The summed E-state index contributed by atoms with van der Waals surface area (Å²) in [6.07, 6.45) is 6.09. The molecular formula is C16H24FN. The van der Waals surface area contributed by atoms with Crippen LogP contribution in [0.3, 0.4) is 0 Å². The Labute approximate surface area is 110 Å². The average Bonchev–Trinajstić information content (AvgIpc) is 3.11. The number of rotatable bonds is 7. The fourth-order valence-corrected chi connectivity index (χ4v) is 2.68. The van der Waals surface area contributed by atoms with Crippen LogP contribution in [0.2, 0.25) is 0 Å². The van der Waals surface area contributed by atoms with Gasteiger partial charge in [0.25, 0.3) is 0 Å². The fraction of sp³-hybridized carbons (Fsp3) is 0.625. The van der Waals surface area contributed by atoms with Crippen LogP contribution in [0.1, 0.15) is 45.1 Å². The molecular weight excluding hydrogens is 225 g/mol. The van der Waals surface area contributed by atoms with E-state index in [1.807, 2.05) is 12.1 Å². The largest absolute Gasteiger partial charge is 0.313 e. The van der Waals surface area contributed by atoms with Gasteiger partial charge < -0.3 is 5.32 Å². The van der Waals surface area contributed by atoms with Crippen molar-refractivity contribution >= 4 is 0 Å². The summed E-state index contributed by atoms with van der Waals surface area (Å²) < 4.78 is 13.5. The van der Waals surface area contributed by atoms with Crippen molar-refractivity contribution in [3.05, 3.63) is 35.6 Å². The molecule has 1 unspecified atom stereocenters. The highest BCUT2D eigenvalue weighted by Crippen LogP contribution is 2.48. The minimum atomic E-state index is -0.0826. The first kappa shape index (κ1) is 13.5.